The SMILES string of the molecule is CCOc1cc2c(cc1Br)C[C@H](C[C@@H](C)COc1ccnc3c1[C@H](C)CCC3)C21CCC(Nc2cccc(Cl)c2)(C(=O)O)CC1. The second-order valence-corrected chi connectivity index (χ2v) is 14.9. The van der Waals surface area contributed by atoms with E-state index < -0.39 is 11.5 Å². The molecule has 3 aliphatic rings. The fraction of sp³-hybridized carbons (Fsp3) is 0.514. The van der Waals surface area contributed by atoms with Gasteiger partial charge in [0.1, 0.15) is 17.0 Å². The first-order valence-electron chi connectivity index (χ1n) is 16.5. The van der Waals surface area contributed by atoms with Gasteiger partial charge in [-0.15, -0.1) is 0 Å². The van der Waals surface area contributed by atoms with Crippen molar-refractivity contribution < 1.29 is 19.4 Å². The van der Waals surface area contributed by atoms with Gasteiger partial charge in [0.25, 0.3) is 0 Å². The number of rotatable bonds is 10. The summed E-state index contributed by atoms with van der Waals surface area (Å²) in [7, 11) is 0. The maximum absolute atomic E-state index is 12.9. The molecule has 240 valence electrons. The molecule has 6 rings (SSSR count). The highest BCUT2D eigenvalue weighted by Gasteiger charge is 2.54. The summed E-state index contributed by atoms with van der Waals surface area (Å²) in [4.78, 5) is 17.5. The molecule has 0 aliphatic heterocycles. The number of nitrogens with one attached hydrogen (secondary N) is 1. The van der Waals surface area contributed by atoms with Crippen molar-refractivity contribution in [2.75, 3.05) is 18.5 Å². The topological polar surface area (TPSA) is 80.7 Å². The van der Waals surface area contributed by atoms with Gasteiger partial charge in [-0.1, -0.05) is 31.5 Å². The van der Waals surface area contributed by atoms with Gasteiger partial charge in [0, 0.05) is 28.2 Å². The van der Waals surface area contributed by atoms with Crippen LogP contribution in [0.5, 0.6) is 11.5 Å². The first-order valence-corrected chi connectivity index (χ1v) is 17.6. The predicted octanol–water partition coefficient (Wildman–Crippen LogP) is 9.36. The number of fused-ring (bicyclic) bond motifs is 3. The third-order valence-corrected chi connectivity index (χ3v) is 11.5. The molecule has 0 amide bonds. The zero-order valence-electron chi connectivity index (χ0n) is 26.5. The fourth-order valence-corrected chi connectivity index (χ4v) is 9.07. The van der Waals surface area contributed by atoms with E-state index in [0.29, 0.717) is 48.8 Å². The van der Waals surface area contributed by atoms with Crippen LogP contribution in [0.3, 0.4) is 0 Å². The molecule has 2 aromatic carbocycles. The lowest BCUT2D eigenvalue weighted by Crippen LogP contribution is -2.53. The molecular formula is C37H44BrClN2O4. The van der Waals surface area contributed by atoms with Gasteiger partial charge in [-0.05, 0) is 151 Å². The van der Waals surface area contributed by atoms with Crippen molar-refractivity contribution >= 4 is 39.2 Å². The average Bonchev–Trinajstić information content (AvgIpc) is 3.28. The Hall–Kier alpha value is -2.77. The number of benzene rings is 2. The largest absolute Gasteiger partial charge is 0.493 e. The van der Waals surface area contributed by atoms with E-state index >= 15 is 0 Å². The van der Waals surface area contributed by atoms with Crippen molar-refractivity contribution in [2.24, 2.45) is 11.8 Å². The number of hydrogen-bond donors (Lipinski definition) is 2. The molecule has 3 aromatic rings. The van der Waals surface area contributed by atoms with E-state index in [9.17, 15) is 9.90 Å². The molecular weight excluding hydrogens is 652 g/mol. The van der Waals surface area contributed by atoms with Gasteiger partial charge in [0.15, 0.2) is 0 Å². The van der Waals surface area contributed by atoms with Gasteiger partial charge >= 0.3 is 5.97 Å². The molecule has 6 nitrogen and oxygen atoms in total. The number of anilines is 1. The minimum Gasteiger partial charge on any atom is -0.493 e. The van der Waals surface area contributed by atoms with E-state index in [-0.39, 0.29) is 5.41 Å². The predicted molar refractivity (Wildman–Crippen MR) is 183 cm³/mol. The van der Waals surface area contributed by atoms with Crippen LogP contribution in [0.4, 0.5) is 5.69 Å². The second-order valence-electron chi connectivity index (χ2n) is 13.6. The molecule has 0 saturated heterocycles. The molecule has 0 radical (unpaired) electrons. The highest BCUT2D eigenvalue weighted by molar-refractivity contribution is 9.10. The number of carboxylic acid groups (broad SMARTS) is 1. The summed E-state index contributed by atoms with van der Waals surface area (Å²) in [5.41, 5.74) is 4.71. The van der Waals surface area contributed by atoms with E-state index in [4.69, 9.17) is 21.1 Å². The lowest BCUT2D eigenvalue weighted by molar-refractivity contribution is -0.144. The van der Waals surface area contributed by atoms with E-state index in [0.717, 1.165) is 53.8 Å². The van der Waals surface area contributed by atoms with Crippen LogP contribution in [0.1, 0.15) is 94.0 Å². The lowest BCUT2D eigenvalue weighted by atomic mass is 9.59. The molecule has 0 unspecified atom stereocenters. The van der Waals surface area contributed by atoms with Crippen LogP contribution in [0.25, 0.3) is 0 Å². The van der Waals surface area contributed by atoms with Crippen LogP contribution >= 0.6 is 27.5 Å². The van der Waals surface area contributed by atoms with E-state index in [1.807, 2.05) is 31.3 Å². The summed E-state index contributed by atoms with van der Waals surface area (Å²) >= 11 is 10.0. The summed E-state index contributed by atoms with van der Waals surface area (Å²) < 4.78 is 13.6. The number of carbonyl (C=O) groups is 1. The van der Waals surface area contributed by atoms with Crippen molar-refractivity contribution in [2.45, 2.75) is 95.4 Å². The number of pyridine rings is 1. The summed E-state index contributed by atoms with van der Waals surface area (Å²) in [5, 5.41) is 14.5. The standard InChI is InChI=1S/C37H44BrClN2O4/c1-4-44-33-21-29-25(19-30(33)38)18-26(17-23(2)22-45-32-11-16-40-31-10-5-7-24(3)34(31)32)36(29)12-14-37(15-13-36,35(42)43)41-28-9-6-8-27(39)20-28/h6,8-9,11,16,19-21,23-24,26,41H,4-5,7,10,12-15,17-18,22H2,1-3H3,(H,42,43)/t23-,24-,26+,36?,37?/m1/s1. The van der Waals surface area contributed by atoms with Crippen molar-refractivity contribution in [1.82, 2.24) is 4.98 Å². The van der Waals surface area contributed by atoms with Crippen molar-refractivity contribution in [3.05, 3.63) is 80.5 Å². The van der Waals surface area contributed by atoms with Crippen molar-refractivity contribution in [1.29, 1.82) is 0 Å². The summed E-state index contributed by atoms with van der Waals surface area (Å²) in [6.07, 6.45) is 9.85. The van der Waals surface area contributed by atoms with Crippen LogP contribution in [-0.4, -0.2) is 34.8 Å². The normalized spacial score (nSPS) is 26.2. The average molecular weight is 696 g/mol. The molecule has 45 heavy (non-hydrogen) atoms. The fourth-order valence-electron chi connectivity index (χ4n) is 8.37. The molecule has 1 heterocycles. The Balaban J connectivity index is 1.25. The first kappa shape index (κ1) is 32.2. The quantitative estimate of drug-likeness (QED) is 0.220. The highest BCUT2D eigenvalue weighted by atomic mass is 79.9. The van der Waals surface area contributed by atoms with Gasteiger partial charge in [-0.3, -0.25) is 4.98 Å². The summed E-state index contributed by atoms with van der Waals surface area (Å²) in [6.45, 7) is 7.82. The number of nitrogens with zero attached hydrogens (tertiary/aromatic N) is 1. The van der Waals surface area contributed by atoms with Gasteiger partial charge in [-0.2, -0.15) is 0 Å². The van der Waals surface area contributed by atoms with E-state index in [1.165, 1.54) is 35.2 Å². The number of aryl methyl sites for hydroxylation is 1. The van der Waals surface area contributed by atoms with Crippen LogP contribution in [0.15, 0.2) is 53.1 Å². The minimum atomic E-state index is -1.05. The summed E-state index contributed by atoms with van der Waals surface area (Å²) in [6, 6.07) is 13.9. The number of aliphatic carboxylic acids is 1. The molecule has 3 atom stereocenters. The van der Waals surface area contributed by atoms with Crippen molar-refractivity contribution in [3.8, 4) is 11.5 Å². The zero-order chi connectivity index (χ0) is 31.8. The molecule has 3 aliphatic carbocycles. The monoisotopic (exact) mass is 694 g/mol. The molecule has 1 saturated carbocycles. The molecule has 0 bridgehead atoms. The number of halogens is 2. The number of ether oxygens (including phenoxy) is 2. The van der Waals surface area contributed by atoms with Crippen LogP contribution in [-0.2, 0) is 23.1 Å². The Morgan fingerprint density at radius 2 is 1.96 bits per heavy atom. The van der Waals surface area contributed by atoms with Crippen LogP contribution < -0.4 is 14.8 Å². The summed E-state index contributed by atoms with van der Waals surface area (Å²) in [5.74, 6) is 2.21. The Morgan fingerprint density at radius 1 is 1.16 bits per heavy atom. The molecule has 1 spiro atoms. The van der Waals surface area contributed by atoms with Gasteiger partial charge in [0.05, 0.1) is 17.7 Å². The molecule has 8 heteroatoms. The molecule has 2 N–H and O–H groups in total. The maximum atomic E-state index is 12.9. The van der Waals surface area contributed by atoms with Gasteiger partial charge < -0.3 is 19.9 Å². The third-order valence-electron chi connectivity index (χ3n) is 10.6. The lowest BCUT2D eigenvalue weighted by Gasteiger charge is -2.47. The van der Waals surface area contributed by atoms with E-state index in [1.54, 1.807) is 12.1 Å². The second kappa shape index (κ2) is 13.2. The Kier molecular flexibility index (Phi) is 9.41. The molecule has 1 aromatic heterocycles. The highest BCUT2D eigenvalue weighted by Crippen LogP contribution is 2.57. The first-order chi connectivity index (χ1) is 21.6. The number of hydrogen-bond acceptors (Lipinski definition) is 5. The Morgan fingerprint density at radius 3 is 2.69 bits per heavy atom. The van der Waals surface area contributed by atoms with E-state index in [2.05, 4.69) is 52.2 Å². The van der Waals surface area contributed by atoms with Crippen molar-refractivity contribution in [3.63, 3.8) is 0 Å². The molecule has 1 fully saturated rings. The van der Waals surface area contributed by atoms with Crippen LogP contribution in [0.2, 0.25) is 5.02 Å². The van der Waals surface area contributed by atoms with Crippen LogP contribution in [0, 0.1) is 11.8 Å². The smallest absolute Gasteiger partial charge is 0.329 e. The number of carboxylic acids is 1. The Labute approximate surface area is 280 Å². The van der Waals surface area contributed by atoms with Gasteiger partial charge in [0.2, 0.25) is 0 Å². The maximum Gasteiger partial charge on any atom is 0.329 e. The third kappa shape index (κ3) is 6.32. The number of aromatic nitrogens is 1. The minimum absolute atomic E-state index is 0.130. The van der Waals surface area contributed by atoms with Gasteiger partial charge in [-0.25, -0.2) is 4.79 Å². The zero-order valence-corrected chi connectivity index (χ0v) is 28.8. The Bertz CT molecular complexity index is 1550.